The molecule has 31 heavy (non-hydrogen) atoms. The van der Waals surface area contributed by atoms with Gasteiger partial charge in [0, 0.05) is 16.5 Å². The number of amides is 1. The SMILES string of the molecule is CC(=O)c1c(C)nc2sc(C(=O)Nc3c[n+](C(C)C)no3)c(N)c2c1-c1ccccc1. The number of thiophene rings is 1. The molecular formula is C22H22N5O3S+. The number of nitrogens with zero attached hydrogens (tertiary/aromatic N) is 3. The largest absolute Gasteiger partial charge is 0.397 e. The molecule has 1 amide bonds. The van der Waals surface area contributed by atoms with Gasteiger partial charge in [-0.1, -0.05) is 30.3 Å². The third-order valence-corrected chi connectivity index (χ3v) is 6.03. The average Bonchev–Trinajstić information content (AvgIpc) is 3.32. The number of aryl methyl sites for hydroxylation is 1. The number of nitrogen functional groups attached to an aromatic ring is 1. The number of Topliss-reactive ketones (excluding diaryl/α,β-unsaturated/α-hetero) is 1. The Balaban J connectivity index is 1.86. The molecule has 0 saturated carbocycles. The van der Waals surface area contributed by atoms with E-state index >= 15 is 0 Å². The number of carbonyl (C=O) groups is 2. The Hall–Kier alpha value is -3.59. The monoisotopic (exact) mass is 436 g/mol. The first kappa shape index (κ1) is 20.7. The van der Waals surface area contributed by atoms with Crippen LogP contribution in [0.5, 0.6) is 0 Å². The van der Waals surface area contributed by atoms with Gasteiger partial charge >= 0.3 is 5.88 Å². The van der Waals surface area contributed by atoms with E-state index in [1.807, 2.05) is 44.2 Å². The van der Waals surface area contributed by atoms with Gasteiger partial charge in [0.2, 0.25) is 5.27 Å². The minimum Gasteiger partial charge on any atom is -0.397 e. The first-order chi connectivity index (χ1) is 14.8. The van der Waals surface area contributed by atoms with E-state index < -0.39 is 5.91 Å². The fourth-order valence-electron chi connectivity index (χ4n) is 3.48. The smallest absolute Gasteiger partial charge is 0.302 e. The molecule has 158 valence electrons. The molecule has 0 aliphatic carbocycles. The molecular weight excluding hydrogens is 414 g/mol. The van der Waals surface area contributed by atoms with Gasteiger partial charge < -0.3 is 5.73 Å². The summed E-state index contributed by atoms with van der Waals surface area (Å²) in [7, 11) is 0. The van der Waals surface area contributed by atoms with Gasteiger partial charge in [-0.25, -0.2) is 4.98 Å². The number of aromatic nitrogens is 3. The maximum Gasteiger partial charge on any atom is 0.302 e. The van der Waals surface area contributed by atoms with Crippen LogP contribution >= 0.6 is 11.3 Å². The minimum absolute atomic E-state index is 0.0920. The Morgan fingerprint density at radius 2 is 1.94 bits per heavy atom. The van der Waals surface area contributed by atoms with Gasteiger partial charge in [-0.2, -0.15) is 0 Å². The number of pyridine rings is 1. The second kappa shape index (κ2) is 7.92. The highest BCUT2D eigenvalue weighted by molar-refractivity contribution is 7.21. The van der Waals surface area contributed by atoms with Crippen LogP contribution in [-0.4, -0.2) is 21.9 Å². The van der Waals surface area contributed by atoms with Crippen LogP contribution in [0.25, 0.3) is 21.3 Å². The molecule has 0 radical (unpaired) electrons. The van der Waals surface area contributed by atoms with Crippen LogP contribution < -0.4 is 15.7 Å². The number of fused-ring (bicyclic) bond motifs is 1. The van der Waals surface area contributed by atoms with Crippen LogP contribution in [0.15, 0.2) is 41.1 Å². The van der Waals surface area contributed by atoms with E-state index in [-0.39, 0.29) is 23.4 Å². The molecule has 0 aliphatic rings. The third kappa shape index (κ3) is 3.68. The van der Waals surface area contributed by atoms with Crippen molar-refractivity contribution in [3.8, 4) is 11.1 Å². The molecule has 4 rings (SSSR count). The summed E-state index contributed by atoms with van der Waals surface area (Å²) in [5.74, 6) is -0.316. The van der Waals surface area contributed by atoms with Crippen LogP contribution in [0.1, 0.15) is 52.5 Å². The zero-order chi connectivity index (χ0) is 22.3. The molecule has 0 aliphatic heterocycles. The molecule has 0 spiro atoms. The van der Waals surface area contributed by atoms with E-state index in [4.69, 9.17) is 10.3 Å². The Bertz CT molecular complexity index is 1310. The zero-order valence-electron chi connectivity index (χ0n) is 17.6. The van der Waals surface area contributed by atoms with Gasteiger partial charge in [0.1, 0.15) is 9.71 Å². The van der Waals surface area contributed by atoms with Gasteiger partial charge in [-0.3, -0.25) is 19.4 Å². The van der Waals surface area contributed by atoms with Crippen molar-refractivity contribution in [2.24, 2.45) is 0 Å². The second-order valence-corrected chi connectivity index (χ2v) is 8.49. The number of hydrogen-bond donors (Lipinski definition) is 2. The van der Waals surface area contributed by atoms with Crippen molar-refractivity contribution >= 4 is 44.8 Å². The first-order valence-electron chi connectivity index (χ1n) is 9.76. The summed E-state index contributed by atoms with van der Waals surface area (Å²) < 4.78 is 6.78. The Labute approximate surface area is 182 Å². The standard InChI is InChI=1S/C22H21N5O3S/c1-11(2)27-10-15(30-26-27)25-21(29)20-19(23)18-17(14-8-6-5-7-9-14)16(13(4)28)12(3)24-22(18)31-20/h5-11H,1-4H3,(H2-,23,25,26,29)/p+1. The van der Waals surface area contributed by atoms with Gasteiger partial charge in [0.15, 0.2) is 11.8 Å². The van der Waals surface area contributed by atoms with Gasteiger partial charge in [-0.05, 0) is 37.9 Å². The quantitative estimate of drug-likeness (QED) is 0.358. The highest BCUT2D eigenvalue weighted by atomic mass is 32.1. The van der Waals surface area contributed by atoms with Gasteiger partial charge in [0.05, 0.1) is 11.4 Å². The first-order valence-corrected chi connectivity index (χ1v) is 10.6. The molecule has 3 aromatic heterocycles. The average molecular weight is 437 g/mol. The predicted molar refractivity (Wildman–Crippen MR) is 119 cm³/mol. The summed E-state index contributed by atoms with van der Waals surface area (Å²) in [4.78, 5) is 30.9. The highest BCUT2D eigenvalue weighted by Gasteiger charge is 2.26. The van der Waals surface area contributed by atoms with Crippen LogP contribution in [0.4, 0.5) is 11.6 Å². The minimum atomic E-state index is -0.423. The molecule has 0 bridgehead atoms. The third-order valence-electron chi connectivity index (χ3n) is 4.93. The number of hydrogen-bond acceptors (Lipinski definition) is 7. The summed E-state index contributed by atoms with van der Waals surface area (Å²) in [6.07, 6.45) is 1.61. The zero-order valence-corrected chi connectivity index (χ0v) is 18.4. The maximum absolute atomic E-state index is 13.0. The molecule has 3 heterocycles. The summed E-state index contributed by atoms with van der Waals surface area (Å²) >= 11 is 1.18. The summed E-state index contributed by atoms with van der Waals surface area (Å²) in [5.41, 5.74) is 9.37. The molecule has 8 nitrogen and oxygen atoms in total. The number of ketones is 1. The van der Waals surface area contributed by atoms with Crippen molar-refractivity contribution in [3.05, 3.63) is 52.7 Å². The van der Waals surface area contributed by atoms with Crippen LogP contribution in [-0.2, 0) is 0 Å². The number of nitrogens with two attached hydrogens (primary N) is 1. The van der Waals surface area contributed by atoms with Crippen molar-refractivity contribution < 1.29 is 18.8 Å². The van der Waals surface area contributed by atoms with E-state index in [0.29, 0.717) is 31.9 Å². The molecule has 0 fully saturated rings. The number of carbonyl (C=O) groups excluding carboxylic acids is 2. The molecule has 0 atom stereocenters. The van der Waals surface area contributed by atoms with Crippen molar-refractivity contribution in [3.63, 3.8) is 0 Å². The predicted octanol–water partition coefficient (Wildman–Crippen LogP) is 4.17. The summed E-state index contributed by atoms with van der Waals surface area (Å²) in [6, 6.07) is 9.61. The van der Waals surface area contributed by atoms with E-state index in [0.717, 1.165) is 5.56 Å². The topological polar surface area (TPSA) is 115 Å². The second-order valence-electron chi connectivity index (χ2n) is 7.49. The molecule has 9 heteroatoms. The lowest BCUT2D eigenvalue weighted by Crippen LogP contribution is -2.36. The highest BCUT2D eigenvalue weighted by Crippen LogP contribution is 2.42. The normalized spacial score (nSPS) is 11.3. The van der Waals surface area contributed by atoms with E-state index in [1.54, 1.807) is 17.8 Å². The van der Waals surface area contributed by atoms with Gasteiger partial charge in [0.25, 0.3) is 12.1 Å². The van der Waals surface area contributed by atoms with Crippen LogP contribution in [0, 0.1) is 6.92 Å². The number of anilines is 2. The van der Waals surface area contributed by atoms with Crippen molar-refractivity contribution in [2.75, 3.05) is 11.1 Å². The van der Waals surface area contributed by atoms with Crippen molar-refractivity contribution in [2.45, 2.75) is 33.7 Å². The fraction of sp³-hybridized carbons (Fsp3) is 0.227. The number of nitrogens with one attached hydrogen (secondary N) is 1. The lowest BCUT2D eigenvalue weighted by Gasteiger charge is -2.12. The number of rotatable bonds is 5. The lowest BCUT2D eigenvalue weighted by atomic mass is 9.93. The molecule has 0 saturated heterocycles. The van der Waals surface area contributed by atoms with E-state index in [1.165, 1.54) is 18.3 Å². The van der Waals surface area contributed by atoms with Gasteiger partial charge in [-0.15, -0.1) is 11.3 Å². The summed E-state index contributed by atoms with van der Waals surface area (Å²) in [5, 5.41) is 7.17. The molecule has 0 unspecified atom stereocenters. The number of benzene rings is 1. The molecule has 4 aromatic rings. The Morgan fingerprint density at radius 1 is 1.23 bits per heavy atom. The van der Waals surface area contributed by atoms with Crippen molar-refractivity contribution in [1.29, 1.82) is 0 Å². The van der Waals surface area contributed by atoms with Crippen molar-refractivity contribution in [1.82, 2.24) is 10.3 Å². The summed E-state index contributed by atoms with van der Waals surface area (Å²) in [6.45, 7) is 7.19. The Kier molecular flexibility index (Phi) is 5.28. The Morgan fingerprint density at radius 3 is 2.55 bits per heavy atom. The van der Waals surface area contributed by atoms with E-state index in [9.17, 15) is 9.59 Å². The molecule has 3 N–H and O–H groups in total. The van der Waals surface area contributed by atoms with Crippen LogP contribution in [0.3, 0.4) is 0 Å². The van der Waals surface area contributed by atoms with E-state index in [2.05, 4.69) is 15.6 Å². The maximum atomic E-state index is 13.0. The lowest BCUT2D eigenvalue weighted by molar-refractivity contribution is -0.779. The molecule has 1 aromatic carbocycles. The van der Waals surface area contributed by atoms with Crippen LogP contribution in [0.2, 0.25) is 0 Å². The fourth-order valence-corrected chi connectivity index (χ4v) is 4.53.